The first-order valence-corrected chi connectivity index (χ1v) is 5.32. The van der Waals surface area contributed by atoms with Crippen molar-refractivity contribution in [2.75, 3.05) is 0 Å². The number of carbonyl (C=O) groups excluding carboxylic acids is 1. The maximum Gasteiger partial charge on any atom is 0.268 e. The summed E-state index contributed by atoms with van der Waals surface area (Å²) in [6.07, 6.45) is 0.919. The molecule has 0 aliphatic rings. The molecule has 0 saturated carbocycles. The molecular weight excluding hydrogens is 188 g/mol. The monoisotopic (exact) mass is 208 g/mol. The Hall–Kier alpha value is -1.25. The maximum absolute atomic E-state index is 11.9. The Bertz CT molecular complexity index is 364. The van der Waals surface area contributed by atoms with Crippen LogP contribution in [0.3, 0.4) is 0 Å². The highest BCUT2D eigenvalue weighted by molar-refractivity contribution is 5.93. The predicted octanol–water partition coefficient (Wildman–Crippen LogP) is 2.25. The lowest BCUT2D eigenvalue weighted by Crippen LogP contribution is -2.43. The van der Waals surface area contributed by atoms with Crippen LogP contribution in [0.4, 0.5) is 0 Å². The molecular formula is C12H20N2O. The van der Waals surface area contributed by atoms with Crippen molar-refractivity contribution in [3.05, 3.63) is 23.5 Å². The highest BCUT2D eigenvalue weighted by Crippen LogP contribution is 2.11. The molecule has 0 spiro atoms. The Morgan fingerprint density at radius 1 is 1.47 bits per heavy atom. The van der Waals surface area contributed by atoms with Gasteiger partial charge in [-0.25, -0.2) is 0 Å². The SMILES string of the molecule is CCC(C)(C)NC(=O)c1ccc(C)n1C. The molecule has 1 aromatic rings. The Labute approximate surface area is 91.5 Å². The molecule has 1 heterocycles. The van der Waals surface area contributed by atoms with Crippen molar-refractivity contribution in [1.82, 2.24) is 9.88 Å². The fourth-order valence-electron chi connectivity index (χ4n) is 1.30. The summed E-state index contributed by atoms with van der Waals surface area (Å²) in [5, 5.41) is 3.02. The van der Waals surface area contributed by atoms with Gasteiger partial charge in [0.05, 0.1) is 0 Å². The molecule has 0 bridgehead atoms. The number of hydrogen-bond acceptors (Lipinski definition) is 1. The number of rotatable bonds is 3. The van der Waals surface area contributed by atoms with Crippen LogP contribution in [-0.4, -0.2) is 16.0 Å². The molecule has 84 valence electrons. The van der Waals surface area contributed by atoms with Gasteiger partial charge >= 0.3 is 0 Å². The minimum Gasteiger partial charge on any atom is -0.346 e. The van der Waals surface area contributed by atoms with Crippen LogP contribution in [0.25, 0.3) is 0 Å². The van der Waals surface area contributed by atoms with E-state index in [1.807, 2.05) is 44.5 Å². The van der Waals surface area contributed by atoms with Crippen LogP contribution in [-0.2, 0) is 7.05 Å². The topological polar surface area (TPSA) is 34.0 Å². The number of nitrogens with zero attached hydrogens (tertiary/aromatic N) is 1. The van der Waals surface area contributed by atoms with Gasteiger partial charge in [-0.2, -0.15) is 0 Å². The molecule has 0 atom stereocenters. The molecule has 1 N–H and O–H groups in total. The van der Waals surface area contributed by atoms with E-state index in [0.29, 0.717) is 5.69 Å². The molecule has 1 rings (SSSR count). The average molecular weight is 208 g/mol. The summed E-state index contributed by atoms with van der Waals surface area (Å²) < 4.78 is 1.90. The van der Waals surface area contributed by atoms with Gasteiger partial charge in [0.25, 0.3) is 5.91 Å². The third-order valence-electron chi connectivity index (χ3n) is 2.94. The molecule has 0 radical (unpaired) electrons. The van der Waals surface area contributed by atoms with Gasteiger partial charge in [-0.05, 0) is 39.3 Å². The van der Waals surface area contributed by atoms with E-state index in [1.165, 1.54) is 0 Å². The van der Waals surface area contributed by atoms with Gasteiger partial charge in [0.1, 0.15) is 5.69 Å². The van der Waals surface area contributed by atoms with Gasteiger partial charge in [-0.3, -0.25) is 4.79 Å². The van der Waals surface area contributed by atoms with Crippen LogP contribution >= 0.6 is 0 Å². The van der Waals surface area contributed by atoms with Crippen molar-refractivity contribution >= 4 is 5.91 Å². The van der Waals surface area contributed by atoms with E-state index >= 15 is 0 Å². The molecule has 3 heteroatoms. The van der Waals surface area contributed by atoms with Crippen LogP contribution in [0.5, 0.6) is 0 Å². The van der Waals surface area contributed by atoms with E-state index in [0.717, 1.165) is 12.1 Å². The summed E-state index contributed by atoms with van der Waals surface area (Å²) in [5.74, 6) is -0.00236. The number of aromatic nitrogens is 1. The highest BCUT2D eigenvalue weighted by Gasteiger charge is 2.20. The third kappa shape index (κ3) is 2.61. The molecule has 3 nitrogen and oxygen atoms in total. The quantitative estimate of drug-likeness (QED) is 0.812. The van der Waals surface area contributed by atoms with Crippen LogP contribution in [0.15, 0.2) is 12.1 Å². The number of hydrogen-bond donors (Lipinski definition) is 1. The minimum atomic E-state index is -0.144. The van der Waals surface area contributed by atoms with Gasteiger partial charge in [0, 0.05) is 18.3 Å². The standard InChI is InChI=1S/C12H20N2O/c1-6-12(3,4)13-11(15)10-8-7-9(2)14(10)5/h7-8H,6H2,1-5H3,(H,13,15). The van der Waals surface area contributed by atoms with Gasteiger partial charge in [0.2, 0.25) is 0 Å². The number of aryl methyl sites for hydroxylation is 1. The second-order valence-corrected chi connectivity index (χ2v) is 4.61. The smallest absolute Gasteiger partial charge is 0.268 e. The first-order valence-electron chi connectivity index (χ1n) is 5.32. The first-order chi connectivity index (χ1) is 6.87. The fraction of sp³-hybridized carbons (Fsp3) is 0.583. The van der Waals surface area contributed by atoms with Gasteiger partial charge in [-0.1, -0.05) is 6.92 Å². The van der Waals surface area contributed by atoms with Crippen molar-refractivity contribution < 1.29 is 4.79 Å². The molecule has 1 aromatic heterocycles. The molecule has 0 unspecified atom stereocenters. The van der Waals surface area contributed by atoms with Crippen molar-refractivity contribution in [3.63, 3.8) is 0 Å². The van der Waals surface area contributed by atoms with Crippen molar-refractivity contribution in [1.29, 1.82) is 0 Å². The van der Waals surface area contributed by atoms with Gasteiger partial charge < -0.3 is 9.88 Å². The lowest BCUT2D eigenvalue weighted by atomic mass is 10.0. The molecule has 0 saturated heterocycles. The number of amides is 1. The Kier molecular flexibility index (Phi) is 3.22. The van der Waals surface area contributed by atoms with E-state index < -0.39 is 0 Å². The largest absolute Gasteiger partial charge is 0.346 e. The summed E-state index contributed by atoms with van der Waals surface area (Å²) in [7, 11) is 1.91. The Balaban J connectivity index is 2.83. The molecule has 0 aromatic carbocycles. The molecule has 0 aliphatic heterocycles. The predicted molar refractivity (Wildman–Crippen MR) is 62.0 cm³/mol. The summed E-state index contributed by atoms with van der Waals surface area (Å²) in [4.78, 5) is 11.9. The Morgan fingerprint density at radius 2 is 2.07 bits per heavy atom. The molecule has 0 aliphatic carbocycles. The van der Waals surface area contributed by atoms with E-state index in [9.17, 15) is 4.79 Å². The number of carbonyl (C=O) groups is 1. The summed E-state index contributed by atoms with van der Waals surface area (Å²) in [6, 6.07) is 3.81. The van der Waals surface area contributed by atoms with Crippen molar-refractivity contribution in [3.8, 4) is 0 Å². The second-order valence-electron chi connectivity index (χ2n) is 4.61. The zero-order valence-corrected chi connectivity index (χ0v) is 10.2. The Morgan fingerprint density at radius 3 is 2.47 bits per heavy atom. The normalized spacial score (nSPS) is 11.5. The van der Waals surface area contributed by atoms with Crippen molar-refractivity contribution in [2.45, 2.75) is 39.7 Å². The molecule has 1 amide bonds. The fourth-order valence-corrected chi connectivity index (χ4v) is 1.30. The van der Waals surface area contributed by atoms with Crippen LogP contribution in [0, 0.1) is 6.92 Å². The minimum absolute atomic E-state index is 0.00236. The summed E-state index contributed by atoms with van der Waals surface area (Å²) in [5.41, 5.74) is 1.67. The van der Waals surface area contributed by atoms with Gasteiger partial charge in [0.15, 0.2) is 0 Å². The summed E-state index contributed by atoms with van der Waals surface area (Å²) in [6.45, 7) is 8.11. The zero-order valence-electron chi connectivity index (χ0n) is 10.2. The maximum atomic E-state index is 11.9. The first kappa shape index (κ1) is 11.8. The summed E-state index contributed by atoms with van der Waals surface area (Å²) >= 11 is 0. The van der Waals surface area contributed by atoms with Crippen LogP contribution in [0.1, 0.15) is 43.4 Å². The third-order valence-corrected chi connectivity index (χ3v) is 2.94. The molecule has 15 heavy (non-hydrogen) atoms. The zero-order chi connectivity index (χ0) is 11.6. The van der Waals surface area contributed by atoms with Crippen molar-refractivity contribution in [2.24, 2.45) is 7.05 Å². The lowest BCUT2D eigenvalue weighted by Gasteiger charge is -2.24. The van der Waals surface area contributed by atoms with Crippen LogP contribution < -0.4 is 5.32 Å². The van der Waals surface area contributed by atoms with Gasteiger partial charge in [-0.15, -0.1) is 0 Å². The second kappa shape index (κ2) is 4.09. The van der Waals surface area contributed by atoms with E-state index in [1.54, 1.807) is 0 Å². The van der Waals surface area contributed by atoms with E-state index in [-0.39, 0.29) is 11.4 Å². The average Bonchev–Trinajstić information content (AvgIpc) is 2.47. The van der Waals surface area contributed by atoms with E-state index in [4.69, 9.17) is 0 Å². The lowest BCUT2D eigenvalue weighted by molar-refractivity contribution is 0.0902. The van der Waals surface area contributed by atoms with E-state index in [2.05, 4.69) is 12.2 Å². The highest BCUT2D eigenvalue weighted by atomic mass is 16.2. The van der Waals surface area contributed by atoms with Crippen LogP contribution in [0.2, 0.25) is 0 Å². The molecule has 0 fully saturated rings. The number of nitrogens with one attached hydrogen (secondary N) is 1.